The number of nitrogens with zero attached hydrogens (tertiary/aromatic N) is 1. The third kappa shape index (κ3) is 5.67. The van der Waals surface area contributed by atoms with Crippen LogP contribution in [0.3, 0.4) is 0 Å². The smallest absolute Gasteiger partial charge is 0.335 e. The summed E-state index contributed by atoms with van der Waals surface area (Å²) in [5, 5.41) is 11.7. The van der Waals surface area contributed by atoms with Crippen molar-refractivity contribution in [3.63, 3.8) is 0 Å². The third-order valence-electron chi connectivity index (χ3n) is 4.31. The molecule has 0 saturated carbocycles. The summed E-state index contributed by atoms with van der Waals surface area (Å²) >= 11 is 0. The van der Waals surface area contributed by atoms with Crippen molar-refractivity contribution in [2.75, 3.05) is 13.1 Å². The quantitative estimate of drug-likeness (QED) is 0.750. The summed E-state index contributed by atoms with van der Waals surface area (Å²) in [6.07, 6.45) is 0.179. The molecule has 0 aliphatic rings. The molecule has 2 aromatic rings. The van der Waals surface area contributed by atoms with Crippen molar-refractivity contribution in [1.82, 2.24) is 10.2 Å². The monoisotopic (exact) mass is 368 g/mol. The van der Waals surface area contributed by atoms with Gasteiger partial charge >= 0.3 is 5.97 Å². The Balaban J connectivity index is 1.87. The average molecular weight is 368 g/mol. The molecule has 6 nitrogen and oxygen atoms in total. The fraction of sp³-hybridized carbons (Fsp3) is 0.286. The summed E-state index contributed by atoms with van der Waals surface area (Å²) in [6.45, 7) is 5.59. The first-order valence-corrected chi connectivity index (χ1v) is 8.91. The van der Waals surface area contributed by atoms with Crippen LogP contribution in [-0.2, 0) is 17.8 Å². The van der Waals surface area contributed by atoms with Crippen molar-refractivity contribution in [3.8, 4) is 0 Å². The lowest BCUT2D eigenvalue weighted by Gasteiger charge is -2.18. The van der Waals surface area contributed by atoms with Gasteiger partial charge in [-0.15, -0.1) is 0 Å². The van der Waals surface area contributed by atoms with Gasteiger partial charge in [-0.2, -0.15) is 0 Å². The number of carboxylic acids is 1. The van der Waals surface area contributed by atoms with Gasteiger partial charge in [-0.1, -0.05) is 24.3 Å². The fourth-order valence-corrected chi connectivity index (χ4v) is 2.67. The first-order valence-electron chi connectivity index (χ1n) is 8.91. The fourth-order valence-electron chi connectivity index (χ4n) is 2.67. The van der Waals surface area contributed by atoms with Crippen molar-refractivity contribution in [2.24, 2.45) is 0 Å². The Morgan fingerprint density at radius 2 is 1.37 bits per heavy atom. The number of nitrogens with one attached hydrogen (secondary N) is 1. The molecule has 0 atom stereocenters. The largest absolute Gasteiger partial charge is 0.478 e. The minimum absolute atomic E-state index is 0.000364. The Bertz CT molecular complexity index is 794. The lowest BCUT2D eigenvalue weighted by atomic mass is 10.1. The van der Waals surface area contributed by atoms with E-state index >= 15 is 0 Å². The predicted molar refractivity (Wildman–Crippen MR) is 103 cm³/mol. The van der Waals surface area contributed by atoms with Gasteiger partial charge in [0, 0.05) is 25.2 Å². The Morgan fingerprint density at radius 1 is 0.852 bits per heavy atom. The molecule has 0 aliphatic heterocycles. The maximum absolute atomic E-state index is 12.3. The molecule has 0 saturated heterocycles. The summed E-state index contributed by atoms with van der Waals surface area (Å²) in [6, 6.07) is 13.4. The van der Waals surface area contributed by atoms with Crippen molar-refractivity contribution in [3.05, 3.63) is 70.8 Å². The number of carboxylic acid groups (broad SMARTS) is 1. The summed E-state index contributed by atoms with van der Waals surface area (Å²) in [7, 11) is 0. The number of carbonyl (C=O) groups excluding carboxylic acids is 2. The zero-order valence-electron chi connectivity index (χ0n) is 15.6. The molecule has 0 radical (unpaired) electrons. The van der Waals surface area contributed by atoms with Crippen molar-refractivity contribution >= 4 is 17.8 Å². The van der Waals surface area contributed by atoms with Crippen molar-refractivity contribution in [2.45, 2.75) is 26.8 Å². The highest BCUT2D eigenvalue weighted by molar-refractivity contribution is 5.94. The van der Waals surface area contributed by atoms with Crippen LogP contribution in [0.15, 0.2) is 48.5 Å². The van der Waals surface area contributed by atoms with E-state index in [0.717, 1.165) is 11.1 Å². The predicted octanol–water partition coefficient (Wildman–Crippen LogP) is 2.73. The van der Waals surface area contributed by atoms with Gasteiger partial charge in [-0.25, -0.2) is 4.79 Å². The highest BCUT2D eigenvalue weighted by Crippen LogP contribution is 2.09. The van der Waals surface area contributed by atoms with E-state index in [1.165, 1.54) is 12.1 Å². The topological polar surface area (TPSA) is 86.7 Å². The summed E-state index contributed by atoms with van der Waals surface area (Å²) in [5.41, 5.74) is 2.48. The van der Waals surface area contributed by atoms with Crippen molar-refractivity contribution in [1.29, 1.82) is 0 Å². The Hall–Kier alpha value is -3.15. The standard InChI is InChI=1S/C21H24N2O4/c1-3-23(4-2)20(25)17-9-7-16(8-10-17)14-22-19(24)13-15-5-11-18(12-6-15)21(26)27/h5-12H,3-4,13-14H2,1-2H3,(H,22,24)(H,26,27). The minimum atomic E-state index is -0.992. The number of rotatable bonds is 8. The average Bonchev–Trinajstić information content (AvgIpc) is 2.68. The van der Waals surface area contributed by atoms with E-state index in [1.807, 2.05) is 26.0 Å². The number of hydrogen-bond donors (Lipinski definition) is 2. The van der Waals surface area contributed by atoms with E-state index in [0.29, 0.717) is 25.2 Å². The molecule has 0 aromatic heterocycles. The molecule has 0 unspecified atom stereocenters. The molecule has 27 heavy (non-hydrogen) atoms. The molecule has 2 amide bonds. The normalized spacial score (nSPS) is 10.3. The summed E-state index contributed by atoms with van der Waals surface area (Å²) in [5.74, 6) is -1.14. The number of hydrogen-bond acceptors (Lipinski definition) is 3. The van der Waals surface area contributed by atoms with Gasteiger partial charge in [0.05, 0.1) is 12.0 Å². The Labute approximate surface area is 158 Å². The van der Waals surface area contributed by atoms with E-state index in [1.54, 1.807) is 29.2 Å². The molecule has 0 heterocycles. The molecule has 0 spiro atoms. The molecule has 2 N–H and O–H groups in total. The maximum Gasteiger partial charge on any atom is 0.335 e. The first kappa shape index (κ1) is 20.2. The molecule has 0 bridgehead atoms. The highest BCUT2D eigenvalue weighted by atomic mass is 16.4. The van der Waals surface area contributed by atoms with Crippen LogP contribution in [0.4, 0.5) is 0 Å². The van der Waals surface area contributed by atoms with Gasteiger partial charge in [0.2, 0.25) is 5.91 Å². The van der Waals surface area contributed by atoms with E-state index in [4.69, 9.17) is 5.11 Å². The zero-order valence-corrected chi connectivity index (χ0v) is 15.6. The van der Waals surface area contributed by atoms with E-state index in [-0.39, 0.29) is 23.8 Å². The molecule has 0 aliphatic carbocycles. The molecule has 2 rings (SSSR count). The van der Waals surface area contributed by atoms with E-state index in [2.05, 4.69) is 5.32 Å². The second kappa shape index (κ2) is 9.52. The summed E-state index contributed by atoms with van der Waals surface area (Å²) in [4.78, 5) is 36.9. The third-order valence-corrected chi connectivity index (χ3v) is 4.31. The van der Waals surface area contributed by atoms with Crippen molar-refractivity contribution < 1.29 is 19.5 Å². The van der Waals surface area contributed by atoms with Crippen LogP contribution in [0, 0.1) is 0 Å². The number of benzene rings is 2. The Morgan fingerprint density at radius 3 is 1.89 bits per heavy atom. The molecular weight excluding hydrogens is 344 g/mol. The van der Waals surface area contributed by atoms with Gasteiger partial charge in [0.25, 0.3) is 5.91 Å². The zero-order chi connectivity index (χ0) is 19.8. The number of carbonyl (C=O) groups is 3. The second-order valence-corrected chi connectivity index (χ2v) is 6.13. The molecular formula is C21H24N2O4. The number of aromatic carboxylic acids is 1. The van der Waals surface area contributed by atoms with Crippen LogP contribution < -0.4 is 5.32 Å². The van der Waals surface area contributed by atoms with Gasteiger partial charge in [-0.05, 0) is 49.2 Å². The van der Waals surface area contributed by atoms with Gasteiger partial charge in [-0.3, -0.25) is 9.59 Å². The van der Waals surface area contributed by atoms with Gasteiger partial charge < -0.3 is 15.3 Å². The van der Waals surface area contributed by atoms with Crippen LogP contribution in [0.2, 0.25) is 0 Å². The Kier molecular flexibility index (Phi) is 7.11. The summed E-state index contributed by atoms with van der Waals surface area (Å²) < 4.78 is 0. The van der Waals surface area contributed by atoms with Gasteiger partial charge in [0.15, 0.2) is 0 Å². The van der Waals surface area contributed by atoms with Crippen LogP contribution in [-0.4, -0.2) is 40.9 Å². The lowest BCUT2D eigenvalue weighted by Crippen LogP contribution is -2.30. The molecule has 2 aromatic carbocycles. The van der Waals surface area contributed by atoms with Crippen LogP contribution in [0.1, 0.15) is 45.7 Å². The molecule has 6 heteroatoms. The first-order chi connectivity index (χ1) is 12.9. The second-order valence-electron chi connectivity index (χ2n) is 6.13. The van der Waals surface area contributed by atoms with Crippen LogP contribution >= 0.6 is 0 Å². The van der Waals surface area contributed by atoms with Gasteiger partial charge in [0.1, 0.15) is 0 Å². The van der Waals surface area contributed by atoms with Crippen LogP contribution in [0.5, 0.6) is 0 Å². The number of amides is 2. The minimum Gasteiger partial charge on any atom is -0.478 e. The SMILES string of the molecule is CCN(CC)C(=O)c1ccc(CNC(=O)Cc2ccc(C(=O)O)cc2)cc1. The van der Waals surface area contributed by atoms with Crippen LogP contribution in [0.25, 0.3) is 0 Å². The molecule has 142 valence electrons. The highest BCUT2D eigenvalue weighted by Gasteiger charge is 2.12. The van der Waals surface area contributed by atoms with E-state index < -0.39 is 5.97 Å². The van der Waals surface area contributed by atoms with E-state index in [9.17, 15) is 14.4 Å². The lowest BCUT2D eigenvalue weighted by molar-refractivity contribution is -0.120. The molecule has 0 fully saturated rings. The maximum atomic E-state index is 12.3.